The Morgan fingerprint density at radius 2 is 1.85 bits per heavy atom. The average Bonchev–Trinajstić information content (AvgIpc) is 3.06. The molecule has 0 saturated carbocycles. The van der Waals surface area contributed by atoms with Crippen LogP contribution >= 0.6 is 0 Å². The first-order chi connectivity index (χ1) is 12.5. The molecule has 0 atom stereocenters. The number of aryl methyl sites for hydroxylation is 1. The summed E-state index contributed by atoms with van der Waals surface area (Å²) in [6.45, 7) is 1.92. The number of nitrogens with two attached hydrogens (primary N) is 1. The summed E-state index contributed by atoms with van der Waals surface area (Å²) in [7, 11) is 1.66. The molecule has 0 bridgehead atoms. The first-order valence-electron chi connectivity index (χ1n) is 7.89. The van der Waals surface area contributed by atoms with E-state index in [0.29, 0.717) is 22.6 Å². The van der Waals surface area contributed by atoms with Crippen molar-refractivity contribution in [3.63, 3.8) is 0 Å². The third kappa shape index (κ3) is 3.39. The van der Waals surface area contributed by atoms with Gasteiger partial charge in [-0.05, 0) is 36.8 Å². The van der Waals surface area contributed by atoms with Crippen LogP contribution in [-0.2, 0) is 0 Å². The Balaban J connectivity index is 1.84. The molecule has 0 radical (unpaired) electrons. The van der Waals surface area contributed by atoms with E-state index in [9.17, 15) is 9.59 Å². The molecule has 3 rings (SSSR count). The van der Waals surface area contributed by atoms with E-state index in [-0.39, 0.29) is 11.6 Å². The van der Waals surface area contributed by atoms with E-state index in [1.54, 1.807) is 43.6 Å². The molecule has 0 spiro atoms. The van der Waals surface area contributed by atoms with Crippen LogP contribution in [-0.4, -0.2) is 33.5 Å². The minimum absolute atomic E-state index is 0.244. The second kappa shape index (κ2) is 7.06. The fourth-order valence-corrected chi connectivity index (χ4v) is 2.54. The minimum atomic E-state index is -0.598. The molecule has 2 heterocycles. The van der Waals surface area contributed by atoms with Crippen LogP contribution in [0.2, 0.25) is 0 Å². The van der Waals surface area contributed by atoms with E-state index in [4.69, 9.17) is 5.73 Å². The summed E-state index contributed by atoms with van der Waals surface area (Å²) in [4.78, 5) is 32.4. The molecule has 132 valence electrons. The van der Waals surface area contributed by atoms with Gasteiger partial charge in [0.05, 0.1) is 0 Å². The lowest BCUT2D eigenvalue weighted by atomic mass is 10.1. The topological polar surface area (TPSA) is 115 Å². The number of hydrogen-bond donors (Lipinski definition) is 3. The highest BCUT2D eigenvalue weighted by Gasteiger charge is 2.18. The van der Waals surface area contributed by atoms with Gasteiger partial charge >= 0.3 is 0 Å². The van der Waals surface area contributed by atoms with Crippen molar-refractivity contribution in [1.29, 1.82) is 0 Å². The lowest BCUT2D eigenvalue weighted by molar-refractivity contribution is 0.0991. The van der Waals surface area contributed by atoms with Gasteiger partial charge in [0.1, 0.15) is 17.8 Å². The molecular formula is C18H18N6O2. The van der Waals surface area contributed by atoms with Crippen LogP contribution in [0.15, 0.2) is 48.9 Å². The van der Waals surface area contributed by atoms with Crippen LogP contribution in [0, 0.1) is 6.92 Å². The number of pyridine rings is 1. The third-order valence-electron chi connectivity index (χ3n) is 3.82. The highest BCUT2D eigenvalue weighted by atomic mass is 16.2. The van der Waals surface area contributed by atoms with Crippen LogP contribution in [0.25, 0.3) is 11.3 Å². The van der Waals surface area contributed by atoms with Gasteiger partial charge in [-0.3, -0.25) is 9.59 Å². The Labute approximate surface area is 150 Å². The third-order valence-corrected chi connectivity index (χ3v) is 3.82. The molecule has 0 unspecified atom stereocenters. The van der Waals surface area contributed by atoms with Crippen molar-refractivity contribution in [1.82, 2.24) is 14.6 Å². The van der Waals surface area contributed by atoms with Gasteiger partial charge in [-0.2, -0.15) is 0 Å². The highest BCUT2D eigenvalue weighted by Crippen LogP contribution is 2.22. The summed E-state index contributed by atoms with van der Waals surface area (Å²) in [5, 5.41) is 2.75. The summed E-state index contributed by atoms with van der Waals surface area (Å²) < 4.78 is 1.45. The Morgan fingerprint density at radius 1 is 1.12 bits per heavy atom. The van der Waals surface area contributed by atoms with Crippen molar-refractivity contribution in [2.75, 3.05) is 17.8 Å². The SMILES string of the molecule is CNn1cnc(-c2ccc(C(=O)Nc3cc(C)ccn3)cc2)c1C(N)=O. The fourth-order valence-electron chi connectivity index (χ4n) is 2.54. The molecule has 4 N–H and O–H groups in total. The second-order valence-corrected chi connectivity index (χ2v) is 5.65. The smallest absolute Gasteiger partial charge is 0.269 e. The van der Waals surface area contributed by atoms with E-state index < -0.39 is 5.91 Å². The Kier molecular flexibility index (Phi) is 4.66. The lowest BCUT2D eigenvalue weighted by Gasteiger charge is -2.07. The molecule has 8 heteroatoms. The summed E-state index contributed by atoms with van der Waals surface area (Å²) in [6.07, 6.45) is 3.11. The zero-order valence-corrected chi connectivity index (χ0v) is 14.4. The van der Waals surface area contributed by atoms with E-state index in [0.717, 1.165) is 5.56 Å². The monoisotopic (exact) mass is 350 g/mol. The van der Waals surface area contributed by atoms with Crippen LogP contribution in [0.3, 0.4) is 0 Å². The average molecular weight is 350 g/mol. The van der Waals surface area contributed by atoms with Gasteiger partial charge in [-0.15, -0.1) is 0 Å². The molecule has 0 aliphatic rings. The number of hydrogen-bond acceptors (Lipinski definition) is 5. The zero-order valence-electron chi connectivity index (χ0n) is 14.4. The number of rotatable bonds is 5. The van der Waals surface area contributed by atoms with Crippen molar-refractivity contribution in [2.45, 2.75) is 6.92 Å². The Hall–Kier alpha value is -3.68. The molecule has 0 aliphatic heterocycles. The number of primary amides is 1. The molecule has 2 amide bonds. The quantitative estimate of drug-likeness (QED) is 0.649. The van der Waals surface area contributed by atoms with Gasteiger partial charge in [-0.25, -0.2) is 14.6 Å². The fraction of sp³-hybridized carbons (Fsp3) is 0.111. The molecule has 2 aromatic heterocycles. The van der Waals surface area contributed by atoms with Crippen molar-refractivity contribution in [3.8, 4) is 11.3 Å². The van der Waals surface area contributed by atoms with E-state index >= 15 is 0 Å². The number of nitrogens with one attached hydrogen (secondary N) is 2. The number of benzene rings is 1. The maximum absolute atomic E-state index is 12.3. The maximum atomic E-state index is 12.3. The molecule has 0 aliphatic carbocycles. The van der Waals surface area contributed by atoms with E-state index in [1.165, 1.54) is 11.0 Å². The van der Waals surface area contributed by atoms with Gasteiger partial charge in [-0.1, -0.05) is 12.1 Å². The van der Waals surface area contributed by atoms with Crippen molar-refractivity contribution in [2.24, 2.45) is 5.73 Å². The predicted octanol–water partition coefficient (Wildman–Crippen LogP) is 1.78. The van der Waals surface area contributed by atoms with Crippen LogP contribution in [0.5, 0.6) is 0 Å². The number of aromatic nitrogens is 3. The predicted molar refractivity (Wildman–Crippen MR) is 98.4 cm³/mol. The summed E-state index contributed by atoms with van der Waals surface area (Å²) in [5.74, 6) is -0.382. The first kappa shape index (κ1) is 17.2. The number of nitrogens with zero attached hydrogens (tertiary/aromatic N) is 3. The second-order valence-electron chi connectivity index (χ2n) is 5.65. The maximum Gasteiger partial charge on any atom is 0.269 e. The lowest BCUT2D eigenvalue weighted by Crippen LogP contribution is -2.21. The summed E-state index contributed by atoms with van der Waals surface area (Å²) >= 11 is 0. The largest absolute Gasteiger partial charge is 0.364 e. The van der Waals surface area contributed by atoms with Crippen LogP contribution < -0.4 is 16.5 Å². The molecule has 3 aromatic rings. The van der Waals surface area contributed by atoms with Gasteiger partial charge in [0.15, 0.2) is 5.69 Å². The molecule has 1 aromatic carbocycles. The first-order valence-corrected chi connectivity index (χ1v) is 7.89. The molecule has 8 nitrogen and oxygen atoms in total. The van der Waals surface area contributed by atoms with Crippen molar-refractivity contribution in [3.05, 3.63) is 65.7 Å². The zero-order chi connectivity index (χ0) is 18.7. The molecule has 0 saturated heterocycles. The molecular weight excluding hydrogens is 332 g/mol. The molecule has 0 fully saturated rings. The number of carbonyl (C=O) groups excluding carboxylic acids is 2. The summed E-state index contributed by atoms with van der Waals surface area (Å²) in [6, 6.07) is 10.4. The van der Waals surface area contributed by atoms with E-state index in [2.05, 4.69) is 20.7 Å². The van der Waals surface area contributed by atoms with Gasteiger partial charge in [0, 0.05) is 24.4 Å². The number of carbonyl (C=O) groups is 2. The number of anilines is 1. The van der Waals surface area contributed by atoms with Gasteiger partial charge < -0.3 is 16.5 Å². The number of amides is 2. The minimum Gasteiger partial charge on any atom is -0.364 e. The van der Waals surface area contributed by atoms with Crippen molar-refractivity contribution >= 4 is 17.6 Å². The van der Waals surface area contributed by atoms with Crippen molar-refractivity contribution < 1.29 is 9.59 Å². The molecule has 26 heavy (non-hydrogen) atoms. The highest BCUT2D eigenvalue weighted by molar-refractivity contribution is 6.04. The normalized spacial score (nSPS) is 10.4. The summed E-state index contributed by atoms with van der Waals surface area (Å²) in [5.41, 5.74) is 11.1. The van der Waals surface area contributed by atoms with E-state index in [1.807, 2.05) is 13.0 Å². The standard InChI is InChI=1S/C18H18N6O2/c1-11-7-8-21-14(9-11)23-18(26)13-5-3-12(4-6-13)15-16(17(19)25)24(20-2)10-22-15/h3-10,20H,1-2H3,(H2,19,25)(H,21,23,26). The number of imidazole rings is 1. The van der Waals surface area contributed by atoms with Gasteiger partial charge in [0.25, 0.3) is 11.8 Å². The van der Waals surface area contributed by atoms with Crippen LogP contribution in [0.1, 0.15) is 26.4 Å². The Morgan fingerprint density at radius 3 is 2.46 bits per heavy atom. The Bertz CT molecular complexity index is 962. The van der Waals surface area contributed by atoms with Gasteiger partial charge in [0.2, 0.25) is 0 Å². The van der Waals surface area contributed by atoms with Crippen LogP contribution in [0.4, 0.5) is 5.82 Å².